The van der Waals surface area contributed by atoms with Gasteiger partial charge in [0, 0.05) is 19.1 Å². The minimum absolute atomic E-state index is 0.329. The Morgan fingerprint density at radius 2 is 2.05 bits per heavy atom. The lowest BCUT2D eigenvalue weighted by atomic mass is 10.0. The van der Waals surface area contributed by atoms with Crippen molar-refractivity contribution in [1.82, 2.24) is 15.5 Å². The Morgan fingerprint density at radius 1 is 1.30 bits per heavy atom. The highest BCUT2D eigenvalue weighted by Gasteiger charge is 2.18. The number of nitrogens with zero attached hydrogens (tertiary/aromatic N) is 1. The van der Waals surface area contributed by atoms with Crippen molar-refractivity contribution < 1.29 is 9.53 Å². The van der Waals surface area contributed by atoms with Gasteiger partial charge in [-0.3, -0.25) is 0 Å². The second-order valence-electron chi connectivity index (χ2n) is 6.62. The van der Waals surface area contributed by atoms with E-state index in [0.29, 0.717) is 12.6 Å². The summed E-state index contributed by atoms with van der Waals surface area (Å²) in [7, 11) is 2.20. The van der Waals surface area contributed by atoms with Crippen LogP contribution in [0.5, 0.6) is 0 Å². The number of hydrogen-bond acceptors (Lipinski definition) is 4. The molecule has 5 nitrogen and oxygen atoms in total. The maximum atomic E-state index is 11.4. The van der Waals surface area contributed by atoms with E-state index >= 15 is 0 Å². The molecule has 1 fully saturated rings. The van der Waals surface area contributed by atoms with E-state index in [-0.39, 0.29) is 6.09 Å². The van der Waals surface area contributed by atoms with E-state index in [4.69, 9.17) is 4.74 Å². The van der Waals surface area contributed by atoms with Crippen LogP contribution in [0.15, 0.2) is 0 Å². The molecule has 1 amide bonds. The fourth-order valence-electron chi connectivity index (χ4n) is 2.39. The molecule has 1 unspecified atom stereocenters. The molecule has 0 aromatic heterocycles. The maximum Gasteiger partial charge on any atom is 0.407 e. The Kier molecular flexibility index (Phi) is 7.30. The third-order valence-electron chi connectivity index (χ3n) is 3.50. The number of amides is 1. The molecular weight excluding hydrogens is 254 g/mol. The lowest BCUT2D eigenvalue weighted by Gasteiger charge is -2.32. The second-order valence-corrected chi connectivity index (χ2v) is 6.62. The standard InChI is InChI=1S/C15H31N3O2/c1-15(2,3)20-14(19)17-10-7-9-16-12-13-8-5-6-11-18(13)4/h13,16H,5-12H2,1-4H3,(H,17,19). The molecule has 1 aliphatic rings. The highest BCUT2D eigenvalue weighted by molar-refractivity contribution is 5.67. The first-order valence-corrected chi connectivity index (χ1v) is 7.76. The molecule has 0 saturated carbocycles. The smallest absolute Gasteiger partial charge is 0.407 e. The van der Waals surface area contributed by atoms with E-state index in [0.717, 1.165) is 19.5 Å². The predicted molar refractivity (Wildman–Crippen MR) is 82.0 cm³/mol. The molecule has 0 radical (unpaired) electrons. The Balaban J connectivity index is 1.98. The van der Waals surface area contributed by atoms with Crippen LogP contribution in [0.3, 0.4) is 0 Å². The van der Waals surface area contributed by atoms with E-state index in [1.165, 1.54) is 25.8 Å². The molecule has 118 valence electrons. The van der Waals surface area contributed by atoms with Crippen LogP contribution in [-0.4, -0.2) is 55.9 Å². The molecule has 0 spiro atoms. The average Bonchev–Trinajstić information content (AvgIpc) is 2.33. The molecule has 5 heteroatoms. The van der Waals surface area contributed by atoms with Gasteiger partial charge < -0.3 is 20.3 Å². The second kappa shape index (κ2) is 8.47. The molecule has 1 atom stereocenters. The first-order chi connectivity index (χ1) is 9.38. The largest absolute Gasteiger partial charge is 0.444 e. The van der Waals surface area contributed by atoms with E-state index in [1.54, 1.807) is 0 Å². The molecule has 0 aromatic rings. The van der Waals surface area contributed by atoms with E-state index < -0.39 is 5.60 Å². The fourth-order valence-corrected chi connectivity index (χ4v) is 2.39. The summed E-state index contributed by atoms with van der Waals surface area (Å²) < 4.78 is 5.18. The summed E-state index contributed by atoms with van der Waals surface area (Å²) in [6, 6.07) is 0.669. The Labute approximate surface area is 123 Å². The molecule has 2 N–H and O–H groups in total. The minimum atomic E-state index is -0.423. The number of ether oxygens (including phenoxy) is 1. The zero-order valence-electron chi connectivity index (χ0n) is 13.5. The van der Waals surface area contributed by atoms with Crippen molar-refractivity contribution >= 4 is 6.09 Å². The molecule has 20 heavy (non-hydrogen) atoms. The highest BCUT2D eigenvalue weighted by atomic mass is 16.6. The van der Waals surface area contributed by atoms with Crippen molar-refractivity contribution in [2.45, 2.75) is 58.1 Å². The zero-order chi connectivity index (χ0) is 15.0. The zero-order valence-corrected chi connectivity index (χ0v) is 13.5. The lowest BCUT2D eigenvalue weighted by molar-refractivity contribution is 0.0527. The van der Waals surface area contributed by atoms with Crippen LogP contribution in [0.4, 0.5) is 4.79 Å². The van der Waals surface area contributed by atoms with Gasteiger partial charge in [-0.15, -0.1) is 0 Å². The van der Waals surface area contributed by atoms with Gasteiger partial charge in [-0.05, 0) is 60.2 Å². The maximum absolute atomic E-state index is 11.4. The number of likely N-dealkylation sites (N-methyl/N-ethyl adjacent to an activating group) is 1. The number of carbonyl (C=O) groups is 1. The molecular formula is C15H31N3O2. The van der Waals surface area contributed by atoms with Gasteiger partial charge in [0.2, 0.25) is 0 Å². The molecule has 1 saturated heterocycles. The lowest BCUT2D eigenvalue weighted by Crippen LogP contribution is -2.43. The summed E-state index contributed by atoms with van der Waals surface area (Å²) in [5, 5.41) is 6.25. The van der Waals surface area contributed by atoms with Crippen molar-refractivity contribution in [2.24, 2.45) is 0 Å². The monoisotopic (exact) mass is 285 g/mol. The minimum Gasteiger partial charge on any atom is -0.444 e. The fraction of sp³-hybridized carbons (Fsp3) is 0.933. The normalized spacial score (nSPS) is 20.7. The quantitative estimate of drug-likeness (QED) is 0.733. The summed E-state index contributed by atoms with van der Waals surface area (Å²) in [6.07, 6.45) is 4.56. The van der Waals surface area contributed by atoms with Gasteiger partial charge in [0.05, 0.1) is 0 Å². The summed E-state index contributed by atoms with van der Waals surface area (Å²) >= 11 is 0. The van der Waals surface area contributed by atoms with Gasteiger partial charge in [-0.25, -0.2) is 4.79 Å². The summed E-state index contributed by atoms with van der Waals surface area (Å²) in [5.74, 6) is 0. The molecule has 1 rings (SSSR count). The molecule has 1 heterocycles. The summed E-state index contributed by atoms with van der Waals surface area (Å²) in [4.78, 5) is 13.9. The number of likely N-dealkylation sites (tertiary alicyclic amines) is 1. The van der Waals surface area contributed by atoms with Gasteiger partial charge in [0.1, 0.15) is 5.60 Å². The van der Waals surface area contributed by atoms with Crippen molar-refractivity contribution in [3.63, 3.8) is 0 Å². The number of hydrogen-bond donors (Lipinski definition) is 2. The van der Waals surface area contributed by atoms with Gasteiger partial charge in [-0.2, -0.15) is 0 Å². The average molecular weight is 285 g/mol. The SMILES string of the molecule is CN1CCCCC1CNCCCNC(=O)OC(C)(C)C. The number of piperidine rings is 1. The van der Waals surface area contributed by atoms with Crippen molar-refractivity contribution in [2.75, 3.05) is 33.2 Å². The van der Waals surface area contributed by atoms with Gasteiger partial charge in [-0.1, -0.05) is 6.42 Å². The number of rotatable bonds is 6. The highest BCUT2D eigenvalue weighted by Crippen LogP contribution is 2.13. The van der Waals surface area contributed by atoms with Crippen molar-refractivity contribution in [1.29, 1.82) is 0 Å². The number of carbonyl (C=O) groups excluding carboxylic acids is 1. The van der Waals surface area contributed by atoms with E-state index in [9.17, 15) is 4.79 Å². The first-order valence-electron chi connectivity index (χ1n) is 7.76. The third-order valence-corrected chi connectivity index (χ3v) is 3.50. The number of nitrogens with one attached hydrogen (secondary N) is 2. The van der Waals surface area contributed by atoms with Gasteiger partial charge >= 0.3 is 6.09 Å². The molecule has 0 bridgehead atoms. The van der Waals surface area contributed by atoms with Crippen molar-refractivity contribution in [3.8, 4) is 0 Å². The summed E-state index contributed by atoms with van der Waals surface area (Å²) in [6.45, 7) is 9.45. The van der Waals surface area contributed by atoms with E-state index in [1.807, 2.05) is 20.8 Å². The first kappa shape index (κ1) is 17.2. The molecule has 0 aliphatic carbocycles. The number of alkyl carbamates (subject to hydrolysis) is 1. The topological polar surface area (TPSA) is 53.6 Å². The predicted octanol–water partition coefficient (Wildman–Crippen LogP) is 1.98. The van der Waals surface area contributed by atoms with Crippen LogP contribution in [0.2, 0.25) is 0 Å². The van der Waals surface area contributed by atoms with Crippen LogP contribution in [0.25, 0.3) is 0 Å². The third kappa shape index (κ3) is 7.70. The Morgan fingerprint density at radius 3 is 2.70 bits per heavy atom. The van der Waals surface area contributed by atoms with Crippen LogP contribution in [0, 0.1) is 0 Å². The van der Waals surface area contributed by atoms with Gasteiger partial charge in [0.25, 0.3) is 0 Å². The van der Waals surface area contributed by atoms with E-state index in [2.05, 4.69) is 22.6 Å². The Hall–Kier alpha value is -0.810. The summed E-state index contributed by atoms with van der Waals surface area (Å²) in [5.41, 5.74) is -0.423. The Bertz CT molecular complexity index is 289. The van der Waals surface area contributed by atoms with Crippen LogP contribution in [-0.2, 0) is 4.74 Å². The molecule has 0 aromatic carbocycles. The van der Waals surface area contributed by atoms with Crippen LogP contribution in [0.1, 0.15) is 46.5 Å². The van der Waals surface area contributed by atoms with Crippen molar-refractivity contribution in [3.05, 3.63) is 0 Å². The van der Waals surface area contributed by atoms with Gasteiger partial charge in [0.15, 0.2) is 0 Å². The van der Waals surface area contributed by atoms with Crippen LogP contribution >= 0.6 is 0 Å². The molecule has 1 aliphatic heterocycles. The van der Waals surface area contributed by atoms with Crippen LogP contribution < -0.4 is 10.6 Å².